The number of nitrogens with zero attached hydrogens (tertiary/aromatic N) is 1. The van der Waals surface area contributed by atoms with Crippen molar-refractivity contribution in [1.82, 2.24) is 9.97 Å². The van der Waals surface area contributed by atoms with Gasteiger partial charge < -0.3 is 4.98 Å². The minimum absolute atomic E-state index is 0.0731. The molecule has 0 aliphatic carbocycles. The average Bonchev–Trinajstić information content (AvgIpc) is 2.86. The number of aryl methyl sites for hydroxylation is 3. The molecular weight excluding hydrogens is 258 g/mol. The number of halogens is 2. The van der Waals surface area contributed by atoms with Gasteiger partial charge in [-0.3, -0.25) is 0 Å². The maximum absolute atomic E-state index is 13.6. The molecule has 1 N–H and O–H groups in total. The predicted molar refractivity (Wildman–Crippen MR) is 74.6 cm³/mol. The molecule has 1 aromatic heterocycles. The summed E-state index contributed by atoms with van der Waals surface area (Å²) in [4.78, 5) is 7.16. The molecular formula is C16H14F2N2. The van der Waals surface area contributed by atoms with Gasteiger partial charge in [-0.15, -0.1) is 0 Å². The predicted octanol–water partition coefficient (Wildman–Crippen LogP) is 3.93. The van der Waals surface area contributed by atoms with E-state index in [9.17, 15) is 8.78 Å². The quantitative estimate of drug-likeness (QED) is 0.768. The van der Waals surface area contributed by atoms with E-state index in [1.807, 2.05) is 6.92 Å². The van der Waals surface area contributed by atoms with E-state index in [2.05, 4.69) is 34.2 Å². The molecule has 0 unspecified atom stereocenters. The highest BCUT2D eigenvalue weighted by Crippen LogP contribution is 2.18. The van der Waals surface area contributed by atoms with Gasteiger partial charge in [0.05, 0.1) is 5.52 Å². The van der Waals surface area contributed by atoms with Crippen molar-refractivity contribution >= 4 is 11.0 Å². The molecule has 0 bridgehead atoms. The second-order valence-corrected chi connectivity index (χ2v) is 4.93. The third-order valence-corrected chi connectivity index (χ3v) is 3.37. The van der Waals surface area contributed by atoms with E-state index < -0.39 is 11.6 Å². The van der Waals surface area contributed by atoms with Gasteiger partial charge in [0.25, 0.3) is 0 Å². The normalized spacial score (nSPS) is 11.2. The second-order valence-electron chi connectivity index (χ2n) is 4.93. The summed E-state index contributed by atoms with van der Waals surface area (Å²) >= 11 is 0. The van der Waals surface area contributed by atoms with Crippen LogP contribution in [-0.2, 0) is 12.8 Å². The zero-order chi connectivity index (χ0) is 14.1. The van der Waals surface area contributed by atoms with Crippen LogP contribution < -0.4 is 0 Å². The van der Waals surface area contributed by atoms with Gasteiger partial charge >= 0.3 is 0 Å². The van der Waals surface area contributed by atoms with Crippen LogP contribution >= 0.6 is 0 Å². The number of fused-ring (bicyclic) bond motifs is 1. The number of aromatic nitrogens is 2. The Hall–Kier alpha value is -2.23. The Bertz CT molecular complexity index is 745. The van der Waals surface area contributed by atoms with Crippen LogP contribution in [0.1, 0.15) is 17.0 Å². The van der Waals surface area contributed by atoms with E-state index in [1.54, 1.807) is 0 Å². The highest BCUT2D eigenvalue weighted by molar-refractivity contribution is 5.75. The van der Waals surface area contributed by atoms with E-state index in [4.69, 9.17) is 0 Å². The fraction of sp³-hybridized carbons (Fsp3) is 0.188. The lowest BCUT2D eigenvalue weighted by molar-refractivity contribution is 0.515. The average molecular weight is 272 g/mol. The van der Waals surface area contributed by atoms with Gasteiger partial charge in [0.15, 0.2) is 11.6 Å². The molecule has 3 aromatic rings. The van der Waals surface area contributed by atoms with Gasteiger partial charge in [0, 0.05) is 6.42 Å². The number of hydrogen-bond acceptors (Lipinski definition) is 1. The SMILES string of the molecule is Cc1ccc(CCc2nc3c(F)c(F)ccc3[nH]2)cc1. The third kappa shape index (κ3) is 2.41. The Labute approximate surface area is 115 Å². The first-order chi connectivity index (χ1) is 9.63. The molecule has 0 amide bonds. The first kappa shape index (κ1) is 12.8. The van der Waals surface area contributed by atoms with Crippen molar-refractivity contribution in [3.8, 4) is 0 Å². The van der Waals surface area contributed by atoms with Crippen molar-refractivity contribution in [3.63, 3.8) is 0 Å². The number of H-pyrrole nitrogens is 1. The molecule has 1 heterocycles. The Morgan fingerprint density at radius 1 is 1.00 bits per heavy atom. The molecule has 2 aromatic carbocycles. The largest absolute Gasteiger partial charge is 0.342 e. The molecule has 2 nitrogen and oxygen atoms in total. The van der Waals surface area contributed by atoms with Crippen LogP contribution in [0.25, 0.3) is 11.0 Å². The minimum atomic E-state index is -0.889. The van der Waals surface area contributed by atoms with E-state index in [1.165, 1.54) is 17.2 Å². The van der Waals surface area contributed by atoms with Crippen molar-refractivity contribution in [1.29, 1.82) is 0 Å². The third-order valence-electron chi connectivity index (χ3n) is 3.37. The summed E-state index contributed by atoms with van der Waals surface area (Å²) < 4.78 is 26.7. The van der Waals surface area contributed by atoms with Crippen LogP contribution in [-0.4, -0.2) is 9.97 Å². The number of imidazole rings is 1. The summed E-state index contributed by atoms with van der Waals surface area (Å²) in [5.74, 6) is -1.08. The minimum Gasteiger partial charge on any atom is -0.342 e. The van der Waals surface area contributed by atoms with Crippen LogP contribution in [0.4, 0.5) is 8.78 Å². The lowest BCUT2D eigenvalue weighted by Gasteiger charge is -1.99. The van der Waals surface area contributed by atoms with Crippen LogP contribution in [0.2, 0.25) is 0 Å². The molecule has 0 atom stereocenters. The first-order valence-corrected chi connectivity index (χ1v) is 6.51. The van der Waals surface area contributed by atoms with Gasteiger partial charge in [0.1, 0.15) is 11.3 Å². The van der Waals surface area contributed by atoms with Gasteiger partial charge in [-0.2, -0.15) is 0 Å². The number of nitrogens with one attached hydrogen (secondary N) is 1. The Morgan fingerprint density at radius 2 is 1.75 bits per heavy atom. The molecule has 0 saturated heterocycles. The molecule has 0 aliphatic rings. The van der Waals surface area contributed by atoms with Crippen molar-refractivity contribution in [2.45, 2.75) is 19.8 Å². The van der Waals surface area contributed by atoms with Gasteiger partial charge in [-0.1, -0.05) is 29.8 Å². The fourth-order valence-corrected chi connectivity index (χ4v) is 2.20. The molecule has 0 aliphatic heterocycles. The molecule has 102 valence electrons. The highest BCUT2D eigenvalue weighted by Gasteiger charge is 2.11. The molecule has 0 fully saturated rings. The lowest BCUT2D eigenvalue weighted by atomic mass is 10.1. The maximum Gasteiger partial charge on any atom is 0.186 e. The Morgan fingerprint density at radius 3 is 2.50 bits per heavy atom. The second kappa shape index (κ2) is 5.04. The summed E-state index contributed by atoms with van der Waals surface area (Å²) in [6.45, 7) is 2.04. The summed E-state index contributed by atoms with van der Waals surface area (Å²) in [6.07, 6.45) is 1.48. The van der Waals surface area contributed by atoms with Crippen LogP contribution in [0.3, 0.4) is 0 Å². The van der Waals surface area contributed by atoms with E-state index in [0.717, 1.165) is 12.5 Å². The molecule has 0 saturated carbocycles. The van der Waals surface area contributed by atoms with Crippen LogP contribution in [0.5, 0.6) is 0 Å². The zero-order valence-corrected chi connectivity index (χ0v) is 11.1. The number of aromatic amines is 1. The molecule has 4 heteroatoms. The van der Waals surface area contributed by atoms with Crippen molar-refractivity contribution in [2.75, 3.05) is 0 Å². The summed E-state index contributed by atoms with van der Waals surface area (Å²) in [5.41, 5.74) is 3.02. The number of hydrogen-bond donors (Lipinski definition) is 1. The summed E-state index contributed by atoms with van der Waals surface area (Å²) in [5, 5.41) is 0. The summed E-state index contributed by atoms with van der Waals surface area (Å²) in [6, 6.07) is 10.9. The summed E-state index contributed by atoms with van der Waals surface area (Å²) in [7, 11) is 0. The Balaban J connectivity index is 1.81. The lowest BCUT2D eigenvalue weighted by Crippen LogP contribution is -1.93. The smallest absolute Gasteiger partial charge is 0.186 e. The Kier molecular flexibility index (Phi) is 3.22. The number of benzene rings is 2. The van der Waals surface area contributed by atoms with E-state index in [0.29, 0.717) is 17.8 Å². The van der Waals surface area contributed by atoms with Crippen LogP contribution in [0.15, 0.2) is 36.4 Å². The monoisotopic (exact) mass is 272 g/mol. The van der Waals surface area contributed by atoms with E-state index >= 15 is 0 Å². The van der Waals surface area contributed by atoms with Gasteiger partial charge in [-0.25, -0.2) is 13.8 Å². The molecule has 3 rings (SSSR count). The highest BCUT2D eigenvalue weighted by atomic mass is 19.2. The van der Waals surface area contributed by atoms with Crippen molar-refractivity contribution in [3.05, 3.63) is 65.0 Å². The topological polar surface area (TPSA) is 28.7 Å². The molecule has 20 heavy (non-hydrogen) atoms. The van der Waals surface area contributed by atoms with Crippen molar-refractivity contribution in [2.24, 2.45) is 0 Å². The van der Waals surface area contributed by atoms with Gasteiger partial charge in [-0.05, 0) is 31.0 Å². The standard InChI is InChI=1S/C16H14F2N2/c1-10-2-4-11(5-3-10)6-9-14-19-13-8-7-12(17)15(18)16(13)20-14/h2-5,7-8H,6,9H2,1H3,(H,19,20). The van der Waals surface area contributed by atoms with Crippen molar-refractivity contribution < 1.29 is 8.78 Å². The number of rotatable bonds is 3. The molecule has 0 spiro atoms. The van der Waals surface area contributed by atoms with Crippen LogP contribution in [0, 0.1) is 18.6 Å². The molecule has 0 radical (unpaired) electrons. The maximum atomic E-state index is 13.6. The zero-order valence-electron chi connectivity index (χ0n) is 11.1. The van der Waals surface area contributed by atoms with Gasteiger partial charge in [0.2, 0.25) is 0 Å². The fourth-order valence-electron chi connectivity index (χ4n) is 2.20. The first-order valence-electron chi connectivity index (χ1n) is 6.51. The van der Waals surface area contributed by atoms with E-state index in [-0.39, 0.29) is 5.52 Å².